The fourth-order valence-electron chi connectivity index (χ4n) is 2.23. The van der Waals surface area contributed by atoms with Crippen LogP contribution in [0.5, 0.6) is 0 Å². The molecule has 1 amide bonds. The Hall–Kier alpha value is -0.950. The van der Waals surface area contributed by atoms with E-state index in [-0.39, 0.29) is 12.5 Å². The first kappa shape index (κ1) is 15.4. The zero-order valence-electron chi connectivity index (χ0n) is 11.6. The molecular weight excluding hydrogens is 276 g/mol. The summed E-state index contributed by atoms with van der Waals surface area (Å²) in [6.07, 6.45) is 1.83. The number of aliphatic hydroxyl groups excluding tert-OH is 1. The van der Waals surface area contributed by atoms with E-state index in [0.717, 1.165) is 32.5 Å². The third-order valence-electron chi connectivity index (χ3n) is 3.31. The smallest absolute Gasteiger partial charge is 0.236 e. The largest absolute Gasteiger partial charge is 0.394 e. The minimum absolute atomic E-state index is 0.0610. The quantitative estimate of drug-likeness (QED) is 0.691. The summed E-state index contributed by atoms with van der Waals surface area (Å²) in [5.41, 5.74) is 1.30. The summed E-state index contributed by atoms with van der Waals surface area (Å²) in [6, 6.07) is 2.12. The molecule has 0 aliphatic carbocycles. The first-order chi connectivity index (χ1) is 9.81. The molecule has 1 aliphatic rings. The summed E-state index contributed by atoms with van der Waals surface area (Å²) in [7, 11) is 0. The van der Waals surface area contributed by atoms with E-state index in [4.69, 9.17) is 9.84 Å². The maximum atomic E-state index is 12.1. The number of aliphatic hydroxyl groups is 1. The van der Waals surface area contributed by atoms with Gasteiger partial charge in [-0.05, 0) is 36.4 Å². The lowest BCUT2D eigenvalue weighted by Crippen LogP contribution is -2.41. The molecule has 0 radical (unpaired) electrons. The van der Waals surface area contributed by atoms with Crippen LogP contribution >= 0.6 is 11.3 Å². The molecule has 1 aromatic rings. The number of nitrogens with one attached hydrogen (secondary N) is 1. The average molecular weight is 298 g/mol. The average Bonchev–Trinajstić information content (AvgIpc) is 2.93. The van der Waals surface area contributed by atoms with Gasteiger partial charge in [0.05, 0.1) is 19.8 Å². The molecule has 5 nitrogen and oxygen atoms in total. The molecule has 0 saturated heterocycles. The van der Waals surface area contributed by atoms with Gasteiger partial charge in [-0.1, -0.05) is 0 Å². The van der Waals surface area contributed by atoms with Gasteiger partial charge in [0.15, 0.2) is 0 Å². The SMILES string of the molecule is O=C(CNCCCOCCO)N1CCc2sccc2C1. The van der Waals surface area contributed by atoms with Crippen molar-refractivity contribution in [3.05, 3.63) is 21.9 Å². The maximum Gasteiger partial charge on any atom is 0.236 e. The van der Waals surface area contributed by atoms with Crippen LogP contribution in [0.25, 0.3) is 0 Å². The van der Waals surface area contributed by atoms with Crippen LogP contribution in [-0.4, -0.2) is 55.4 Å². The lowest BCUT2D eigenvalue weighted by molar-refractivity contribution is -0.131. The molecule has 2 N–H and O–H groups in total. The number of amides is 1. The van der Waals surface area contributed by atoms with Gasteiger partial charge in [0.25, 0.3) is 0 Å². The number of hydrogen-bond donors (Lipinski definition) is 2. The Balaban J connectivity index is 1.59. The molecular formula is C14H22N2O3S. The Morgan fingerprint density at radius 2 is 2.40 bits per heavy atom. The summed E-state index contributed by atoms with van der Waals surface area (Å²) >= 11 is 1.78. The summed E-state index contributed by atoms with van der Waals surface area (Å²) in [6.45, 7) is 3.78. The van der Waals surface area contributed by atoms with E-state index in [9.17, 15) is 4.79 Å². The molecule has 0 atom stereocenters. The van der Waals surface area contributed by atoms with Crippen LogP contribution in [0.2, 0.25) is 0 Å². The van der Waals surface area contributed by atoms with Crippen molar-refractivity contribution in [2.75, 3.05) is 39.5 Å². The van der Waals surface area contributed by atoms with E-state index in [1.54, 1.807) is 11.3 Å². The summed E-state index contributed by atoms with van der Waals surface area (Å²) in [4.78, 5) is 15.4. The second kappa shape index (κ2) is 8.36. The van der Waals surface area contributed by atoms with Gasteiger partial charge in [-0.15, -0.1) is 11.3 Å². The molecule has 0 aromatic carbocycles. The number of rotatable bonds is 8. The van der Waals surface area contributed by atoms with Crippen molar-refractivity contribution in [2.24, 2.45) is 0 Å². The van der Waals surface area contributed by atoms with Crippen LogP contribution in [0.3, 0.4) is 0 Å². The van der Waals surface area contributed by atoms with E-state index in [0.29, 0.717) is 19.8 Å². The van der Waals surface area contributed by atoms with Gasteiger partial charge in [-0.2, -0.15) is 0 Å². The highest BCUT2D eigenvalue weighted by Gasteiger charge is 2.20. The predicted octanol–water partition coefficient (Wildman–Crippen LogP) is 0.621. The highest BCUT2D eigenvalue weighted by atomic mass is 32.1. The van der Waals surface area contributed by atoms with Gasteiger partial charge in [-0.25, -0.2) is 0 Å². The topological polar surface area (TPSA) is 61.8 Å². The molecule has 0 bridgehead atoms. The summed E-state index contributed by atoms with van der Waals surface area (Å²) in [5.74, 6) is 0.165. The monoisotopic (exact) mass is 298 g/mol. The van der Waals surface area contributed by atoms with Crippen LogP contribution in [0.4, 0.5) is 0 Å². The highest BCUT2D eigenvalue weighted by Crippen LogP contribution is 2.23. The number of carbonyl (C=O) groups excluding carboxylic acids is 1. The van der Waals surface area contributed by atoms with Crippen molar-refractivity contribution in [3.63, 3.8) is 0 Å². The van der Waals surface area contributed by atoms with Crippen LogP contribution < -0.4 is 5.32 Å². The number of thiophene rings is 1. The molecule has 6 heteroatoms. The first-order valence-electron chi connectivity index (χ1n) is 7.03. The number of ether oxygens (including phenoxy) is 1. The minimum atomic E-state index is 0.0610. The van der Waals surface area contributed by atoms with Crippen molar-refractivity contribution in [1.29, 1.82) is 0 Å². The molecule has 2 rings (SSSR count). The van der Waals surface area contributed by atoms with E-state index in [1.807, 2.05) is 4.90 Å². The molecule has 1 aromatic heterocycles. The van der Waals surface area contributed by atoms with Gasteiger partial charge in [0.1, 0.15) is 0 Å². The van der Waals surface area contributed by atoms with Crippen molar-refractivity contribution >= 4 is 17.2 Å². The Kier molecular flexibility index (Phi) is 6.46. The highest BCUT2D eigenvalue weighted by molar-refractivity contribution is 7.10. The fraction of sp³-hybridized carbons (Fsp3) is 0.643. The molecule has 0 spiro atoms. The van der Waals surface area contributed by atoms with Crippen LogP contribution in [-0.2, 0) is 22.5 Å². The maximum absolute atomic E-state index is 12.1. The number of carbonyl (C=O) groups is 1. The molecule has 1 aliphatic heterocycles. The van der Waals surface area contributed by atoms with Gasteiger partial charge in [0, 0.05) is 24.6 Å². The second-order valence-corrected chi connectivity index (χ2v) is 5.80. The standard InChI is InChI=1S/C14H22N2O3S/c17-6-8-19-7-1-4-15-10-14(18)16-5-2-13-12(11-16)3-9-20-13/h3,9,15,17H,1-2,4-8,10-11H2. The van der Waals surface area contributed by atoms with Gasteiger partial charge in [0.2, 0.25) is 5.91 Å². The first-order valence-corrected chi connectivity index (χ1v) is 7.91. The molecule has 0 unspecified atom stereocenters. The number of hydrogen-bond acceptors (Lipinski definition) is 5. The zero-order chi connectivity index (χ0) is 14.2. The van der Waals surface area contributed by atoms with E-state index in [2.05, 4.69) is 16.8 Å². The van der Waals surface area contributed by atoms with Gasteiger partial charge >= 0.3 is 0 Å². The van der Waals surface area contributed by atoms with Crippen molar-refractivity contribution < 1.29 is 14.6 Å². The van der Waals surface area contributed by atoms with Crippen LogP contribution in [0, 0.1) is 0 Å². The number of nitrogens with zero attached hydrogens (tertiary/aromatic N) is 1. The summed E-state index contributed by atoms with van der Waals surface area (Å²) < 4.78 is 5.15. The minimum Gasteiger partial charge on any atom is -0.394 e. The fourth-order valence-corrected chi connectivity index (χ4v) is 3.12. The molecule has 2 heterocycles. The zero-order valence-corrected chi connectivity index (χ0v) is 12.5. The Bertz CT molecular complexity index is 422. The van der Waals surface area contributed by atoms with Crippen LogP contribution in [0.15, 0.2) is 11.4 Å². The predicted molar refractivity (Wildman–Crippen MR) is 78.8 cm³/mol. The third kappa shape index (κ3) is 4.56. The van der Waals surface area contributed by atoms with Crippen LogP contribution in [0.1, 0.15) is 16.9 Å². The number of fused-ring (bicyclic) bond motifs is 1. The van der Waals surface area contributed by atoms with Gasteiger partial charge < -0.3 is 20.1 Å². The lowest BCUT2D eigenvalue weighted by Gasteiger charge is -2.27. The van der Waals surface area contributed by atoms with E-state index >= 15 is 0 Å². The molecule has 0 fully saturated rings. The molecule has 112 valence electrons. The second-order valence-electron chi connectivity index (χ2n) is 4.80. The van der Waals surface area contributed by atoms with Gasteiger partial charge in [-0.3, -0.25) is 4.79 Å². The third-order valence-corrected chi connectivity index (χ3v) is 4.34. The molecule has 20 heavy (non-hydrogen) atoms. The Morgan fingerprint density at radius 3 is 3.25 bits per heavy atom. The lowest BCUT2D eigenvalue weighted by atomic mass is 10.1. The van der Waals surface area contributed by atoms with E-state index < -0.39 is 0 Å². The Morgan fingerprint density at radius 1 is 1.50 bits per heavy atom. The van der Waals surface area contributed by atoms with E-state index in [1.165, 1.54) is 10.4 Å². The molecule has 0 saturated carbocycles. The van der Waals surface area contributed by atoms with Crippen molar-refractivity contribution in [2.45, 2.75) is 19.4 Å². The normalized spacial score (nSPS) is 14.3. The van der Waals surface area contributed by atoms with Crippen molar-refractivity contribution in [3.8, 4) is 0 Å². The Labute approximate surface area is 123 Å². The summed E-state index contributed by atoms with van der Waals surface area (Å²) in [5, 5.41) is 13.8. The van der Waals surface area contributed by atoms with Crippen molar-refractivity contribution in [1.82, 2.24) is 10.2 Å².